The molecule has 0 aromatic heterocycles. The van der Waals surface area contributed by atoms with E-state index in [1.807, 2.05) is 24.3 Å². The molecule has 0 atom stereocenters. The molecule has 0 N–H and O–H groups in total. The summed E-state index contributed by atoms with van der Waals surface area (Å²) in [6.07, 6.45) is 6.37. The fourth-order valence-corrected chi connectivity index (χ4v) is 3.65. The molecule has 2 aromatic carbocycles. The fraction of sp³-hybridized carbons (Fsp3) is 0.364. The SMILES string of the molecule is C=Cc1ccc(Oc2ccc([N+](=O)[O-])c(N3CCC(CCC)CC3)c2)cc1. The first kappa shape index (κ1) is 19.0. The van der Waals surface area contributed by atoms with Crippen LogP contribution >= 0.6 is 0 Å². The van der Waals surface area contributed by atoms with Crippen LogP contribution in [-0.4, -0.2) is 18.0 Å². The van der Waals surface area contributed by atoms with Gasteiger partial charge in [0.25, 0.3) is 5.69 Å². The van der Waals surface area contributed by atoms with Crippen molar-refractivity contribution in [2.75, 3.05) is 18.0 Å². The zero-order valence-electron chi connectivity index (χ0n) is 15.8. The Kier molecular flexibility index (Phi) is 6.12. The van der Waals surface area contributed by atoms with Crippen LogP contribution < -0.4 is 9.64 Å². The lowest BCUT2D eigenvalue weighted by atomic mass is 9.92. The summed E-state index contributed by atoms with van der Waals surface area (Å²) in [7, 11) is 0. The Morgan fingerprint density at radius 3 is 2.44 bits per heavy atom. The van der Waals surface area contributed by atoms with Crippen molar-refractivity contribution in [3.8, 4) is 11.5 Å². The highest BCUT2D eigenvalue weighted by Crippen LogP contribution is 2.36. The van der Waals surface area contributed by atoms with Crippen molar-refractivity contribution in [1.82, 2.24) is 0 Å². The summed E-state index contributed by atoms with van der Waals surface area (Å²) in [5.74, 6) is 2.04. The molecule has 0 spiro atoms. The minimum atomic E-state index is -0.309. The molecule has 3 rings (SSSR count). The summed E-state index contributed by atoms with van der Waals surface area (Å²) in [6.45, 7) is 7.65. The summed E-state index contributed by atoms with van der Waals surface area (Å²) < 4.78 is 5.92. The van der Waals surface area contributed by atoms with Crippen LogP contribution in [0.2, 0.25) is 0 Å². The first-order valence-corrected chi connectivity index (χ1v) is 9.54. The largest absolute Gasteiger partial charge is 0.457 e. The van der Waals surface area contributed by atoms with Crippen LogP contribution in [0.15, 0.2) is 49.0 Å². The van der Waals surface area contributed by atoms with Gasteiger partial charge in [0, 0.05) is 25.2 Å². The van der Waals surface area contributed by atoms with Gasteiger partial charge in [-0.2, -0.15) is 0 Å². The van der Waals surface area contributed by atoms with Gasteiger partial charge in [-0.3, -0.25) is 10.1 Å². The average molecular weight is 366 g/mol. The van der Waals surface area contributed by atoms with Crippen molar-refractivity contribution in [3.63, 3.8) is 0 Å². The molecular formula is C22H26N2O3. The van der Waals surface area contributed by atoms with Crippen molar-refractivity contribution >= 4 is 17.5 Å². The third-order valence-corrected chi connectivity index (χ3v) is 5.15. The Balaban J connectivity index is 1.80. The van der Waals surface area contributed by atoms with Crippen molar-refractivity contribution in [2.24, 2.45) is 5.92 Å². The third-order valence-electron chi connectivity index (χ3n) is 5.15. The van der Waals surface area contributed by atoms with Crippen LogP contribution in [0.5, 0.6) is 11.5 Å². The molecule has 0 unspecified atom stereocenters. The van der Waals surface area contributed by atoms with E-state index in [0.29, 0.717) is 17.2 Å². The number of ether oxygens (including phenoxy) is 1. The van der Waals surface area contributed by atoms with Gasteiger partial charge in [-0.05, 0) is 42.5 Å². The second-order valence-electron chi connectivity index (χ2n) is 7.00. The first-order chi connectivity index (χ1) is 13.1. The topological polar surface area (TPSA) is 55.6 Å². The molecule has 5 heteroatoms. The zero-order chi connectivity index (χ0) is 19.2. The second-order valence-corrected chi connectivity index (χ2v) is 7.00. The molecule has 1 fully saturated rings. The van der Waals surface area contributed by atoms with Gasteiger partial charge < -0.3 is 9.64 Å². The number of nitrogens with zero attached hydrogens (tertiary/aromatic N) is 2. The van der Waals surface area contributed by atoms with E-state index in [1.165, 1.54) is 12.8 Å². The number of anilines is 1. The highest BCUT2D eigenvalue weighted by atomic mass is 16.6. The van der Waals surface area contributed by atoms with E-state index in [9.17, 15) is 10.1 Å². The molecule has 1 saturated heterocycles. The standard InChI is InChI=1S/C22H26N2O3/c1-3-5-18-12-14-23(15-13-18)22-16-20(10-11-21(22)24(25)26)27-19-8-6-17(4-2)7-9-19/h4,6-11,16,18H,2-3,5,12-15H2,1H3. The second kappa shape index (κ2) is 8.71. The number of hydrogen-bond acceptors (Lipinski definition) is 4. The van der Waals surface area contributed by atoms with E-state index < -0.39 is 0 Å². The number of rotatable bonds is 7. The van der Waals surface area contributed by atoms with E-state index in [2.05, 4.69) is 18.4 Å². The number of hydrogen-bond donors (Lipinski definition) is 0. The summed E-state index contributed by atoms with van der Waals surface area (Å²) in [5.41, 5.74) is 1.80. The number of piperidine rings is 1. The third kappa shape index (κ3) is 4.67. The number of nitro benzene ring substituents is 1. The molecule has 0 amide bonds. The smallest absolute Gasteiger partial charge is 0.292 e. The van der Waals surface area contributed by atoms with Gasteiger partial charge in [-0.25, -0.2) is 0 Å². The summed E-state index contributed by atoms with van der Waals surface area (Å²) in [4.78, 5) is 13.3. The van der Waals surface area contributed by atoms with Crippen LogP contribution in [0.25, 0.3) is 6.08 Å². The van der Waals surface area contributed by atoms with Crippen LogP contribution in [0, 0.1) is 16.0 Å². The van der Waals surface area contributed by atoms with Crippen molar-refractivity contribution in [1.29, 1.82) is 0 Å². The van der Waals surface area contributed by atoms with E-state index in [-0.39, 0.29) is 10.6 Å². The molecule has 142 valence electrons. The molecule has 1 heterocycles. The van der Waals surface area contributed by atoms with Crippen molar-refractivity contribution < 1.29 is 9.66 Å². The average Bonchev–Trinajstić information content (AvgIpc) is 2.69. The lowest BCUT2D eigenvalue weighted by Gasteiger charge is -2.33. The van der Waals surface area contributed by atoms with E-state index in [1.54, 1.807) is 24.3 Å². The van der Waals surface area contributed by atoms with Gasteiger partial charge >= 0.3 is 0 Å². The predicted molar refractivity (Wildman–Crippen MR) is 110 cm³/mol. The Morgan fingerprint density at radius 1 is 1.19 bits per heavy atom. The minimum absolute atomic E-state index is 0.137. The fourth-order valence-electron chi connectivity index (χ4n) is 3.65. The maximum absolute atomic E-state index is 11.5. The Bertz CT molecular complexity index is 794. The highest BCUT2D eigenvalue weighted by Gasteiger charge is 2.25. The quantitative estimate of drug-likeness (QED) is 0.442. The van der Waals surface area contributed by atoms with Gasteiger partial charge in [0.15, 0.2) is 0 Å². The van der Waals surface area contributed by atoms with Gasteiger partial charge in [-0.1, -0.05) is 44.6 Å². The number of nitro groups is 1. The van der Waals surface area contributed by atoms with Crippen LogP contribution in [-0.2, 0) is 0 Å². The monoisotopic (exact) mass is 366 g/mol. The Morgan fingerprint density at radius 2 is 1.85 bits per heavy atom. The lowest BCUT2D eigenvalue weighted by Crippen LogP contribution is -2.34. The van der Waals surface area contributed by atoms with E-state index in [4.69, 9.17) is 4.74 Å². The van der Waals surface area contributed by atoms with E-state index in [0.717, 1.165) is 37.4 Å². The Labute approximate surface area is 160 Å². The molecule has 1 aliphatic heterocycles. The summed E-state index contributed by atoms with van der Waals surface area (Å²) >= 11 is 0. The zero-order valence-corrected chi connectivity index (χ0v) is 15.8. The lowest BCUT2D eigenvalue weighted by molar-refractivity contribution is -0.384. The maximum Gasteiger partial charge on any atom is 0.292 e. The highest BCUT2D eigenvalue weighted by molar-refractivity contribution is 5.66. The summed E-state index contributed by atoms with van der Waals surface area (Å²) in [5, 5.41) is 11.5. The van der Waals surface area contributed by atoms with Crippen molar-refractivity contribution in [3.05, 3.63) is 64.7 Å². The minimum Gasteiger partial charge on any atom is -0.457 e. The van der Waals surface area contributed by atoms with Crippen LogP contribution in [0.1, 0.15) is 38.2 Å². The first-order valence-electron chi connectivity index (χ1n) is 9.54. The molecule has 5 nitrogen and oxygen atoms in total. The van der Waals surface area contributed by atoms with Crippen molar-refractivity contribution in [2.45, 2.75) is 32.6 Å². The molecule has 0 bridgehead atoms. The van der Waals surface area contributed by atoms with Crippen LogP contribution in [0.4, 0.5) is 11.4 Å². The van der Waals surface area contributed by atoms with Crippen LogP contribution in [0.3, 0.4) is 0 Å². The molecule has 2 aromatic rings. The van der Waals surface area contributed by atoms with Gasteiger partial charge in [0.1, 0.15) is 17.2 Å². The molecular weight excluding hydrogens is 340 g/mol. The number of benzene rings is 2. The van der Waals surface area contributed by atoms with Gasteiger partial charge in [-0.15, -0.1) is 0 Å². The predicted octanol–water partition coefficient (Wildman–Crippen LogP) is 6.05. The maximum atomic E-state index is 11.5. The molecule has 27 heavy (non-hydrogen) atoms. The molecule has 1 aliphatic rings. The molecule has 0 saturated carbocycles. The Hall–Kier alpha value is -2.82. The van der Waals surface area contributed by atoms with Gasteiger partial charge in [0.05, 0.1) is 4.92 Å². The van der Waals surface area contributed by atoms with E-state index >= 15 is 0 Å². The molecule has 0 aliphatic carbocycles. The molecule has 0 radical (unpaired) electrons. The summed E-state index contributed by atoms with van der Waals surface area (Å²) in [6, 6.07) is 12.6. The van der Waals surface area contributed by atoms with Gasteiger partial charge in [0.2, 0.25) is 0 Å². The normalized spacial score (nSPS) is 14.8.